The van der Waals surface area contributed by atoms with Crippen LogP contribution in [-0.4, -0.2) is 30.6 Å². The number of benzene rings is 1. The SMILES string of the molecule is CC(NCC(C)N1CCCCC1)c1ccc(Cl)c(F)c1. The highest BCUT2D eigenvalue weighted by Gasteiger charge is 2.17. The summed E-state index contributed by atoms with van der Waals surface area (Å²) in [6, 6.07) is 5.68. The van der Waals surface area contributed by atoms with E-state index in [-0.39, 0.29) is 16.9 Å². The monoisotopic (exact) mass is 298 g/mol. The number of halogens is 2. The summed E-state index contributed by atoms with van der Waals surface area (Å²) in [4.78, 5) is 2.53. The van der Waals surface area contributed by atoms with Crippen LogP contribution in [0.4, 0.5) is 4.39 Å². The van der Waals surface area contributed by atoms with E-state index >= 15 is 0 Å². The van der Waals surface area contributed by atoms with Crippen molar-refractivity contribution >= 4 is 11.6 Å². The van der Waals surface area contributed by atoms with Crippen LogP contribution in [-0.2, 0) is 0 Å². The van der Waals surface area contributed by atoms with Crippen molar-refractivity contribution in [1.29, 1.82) is 0 Å². The topological polar surface area (TPSA) is 15.3 Å². The molecule has 20 heavy (non-hydrogen) atoms. The zero-order valence-corrected chi connectivity index (χ0v) is 13.1. The Balaban J connectivity index is 1.84. The van der Waals surface area contributed by atoms with E-state index in [0.29, 0.717) is 6.04 Å². The van der Waals surface area contributed by atoms with Crippen LogP contribution in [0, 0.1) is 5.82 Å². The zero-order valence-electron chi connectivity index (χ0n) is 12.3. The largest absolute Gasteiger partial charge is 0.309 e. The normalized spacial score (nSPS) is 19.8. The molecule has 1 aliphatic rings. The summed E-state index contributed by atoms with van der Waals surface area (Å²) in [7, 11) is 0. The molecule has 2 unspecified atom stereocenters. The van der Waals surface area contributed by atoms with Crippen LogP contribution in [0.1, 0.15) is 44.7 Å². The predicted molar refractivity (Wildman–Crippen MR) is 82.7 cm³/mol. The Morgan fingerprint density at radius 1 is 1.25 bits per heavy atom. The third kappa shape index (κ3) is 4.18. The van der Waals surface area contributed by atoms with Gasteiger partial charge in [-0.25, -0.2) is 4.39 Å². The fourth-order valence-electron chi connectivity index (χ4n) is 2.74. The average molecular weight is 299 g/mol. The first-order chi connectivity index (χ1) is 9.58. The molecule has 0 bridgehead atoms. The molecule has 0 aliphatic carbocycles. The van der Waals surface area contributed by atoms with Gasteiger partial charge in [-0.05, 0) is 57.5 Å². The molecule has 1 heterocycles. The standard InChI is InChI=1S/C16H24ClFN2/c1-12(20-8-4-3-5-9-20)11-19-13(2)14-6-7-15(17)16(18)10-14/h6-7,10,12-13,19H,3-5,8-9,11H2,1-2H3. The molecule has 2 atom stereocenters. The van der Waals surface area contributed by atoms with Crippen LogP contribution < -0.4 is 5.32 Å². The summed E-state index contributed by atoms with van der Waals surface area (Å²) in [6.45, 7) is 7.64. The first-order valence-electron chi connectivity index (χ1n) is 7.50. The zero-order chi connectivity index (χ0) is 14.5. The molecule has 0 amide bonds. The quantitative estimate of drug-likeness (QED) is 0.884. The second-order valence-electron chi connectivity index (χ2n) is 5.75. The summed E-state index contributed by atoms with van der Waals surface area (Å²) >= 11 is 5.71. The number of hydrogen-bond donors (Lipinski definition) is 1. The molecule has 1 fully saturated rings. The second-order valence-corrected chi connectivity index (χ2v) is 6.16. The van der Waals surface area contributed by atoms with E-state index in [1.807, 2.05) is 6.07 Å². The molecule has 0 saturated carbocycles. The van der Waals surface area contributed by atoms with Crippen molar-refractivity contribution in [1.82, 2.24) is 10.2 Å². The van der Waals surface area contributed by atoms with Crippen LogP contribution >= 0.6 is 11.6 Å². The Bertz CT molecular complexity index is 432. The maximum atomic E-state index is 13.5. The lowest BCUT2D eigenvalue weighted by atomic mass is 10.1. The maximum Gasteiger partial charge on any atom is 0.142 e. The van der Waals surface area contributed by atoms with E-state index in [9.17, 15) is 4.39 Å². The number of hydrogen-bond acceptors (Lipinski definition) is 2. The summed E-state index contributed by atoms with van der Waals surface area (Å²) in [6.07, 6.45) is 3.97. The molecule has 0 aromatic heterocycles. The average Bonchev–Trinajstić information content (AvgIpc) is 2.48. The van der Waals surface area contributed by atoms with Crippen molar-refractivity contribution < 1.29 is 4.39 Å². The molecular formula is C16H24ClFN2. The van der Waals surface area contributed by atoms with E-state index in [1.54, 1.807) is 6.07 Å². The fraction of sp³-hybridized carbons (Fsp3) is 0.625. The molecule has 112 valence electrons. The van der Waals surface area contributed by atoms with Crippen LogP contribution in [0.5, 0.6) is 0 Å². The van der Waals surface area contributed by atoms with Gasteiger partial charge in [0, 0.05) is 18.6 Å². The fourth-order valence-corrected chi connectivity index (χ4v) is 2.85. The molecule has 1 aromatic rings. The summed E-state index contributed by atoms with van der Waals surface area (Å²) in [5, 5.41) is 3.67. The van der Waals surface area contributed by atoms with Crippen molar-refractivity contribution in [3.05, 3.63) is 34.6 Å². The minimum Gasteiger partial charge on any atom is -0.309 e. The Labute approximate surface area is 126 Å². The smallest absolute Gasteiger partial charge is 0.142 e. The van der Waals surface area contributed by atoms with Gasteiger partial charge in [0.05, 0.1) is 5.02 Å². The third-order valence-corrected chi connectivity index (χ3v) is 4.48. The van der Waals surface area contributed by atoms with E-state index in [1.165, 1.54) is 38.4 Å². The van der Waals surface area contributed by atoms with Gasteiger partial charge in [-0.3, -0.25) is 4.90 Å². The van der Waals surface area contributed by atoms with E-state index < -0.39 is 0 Å². The molecule has 1 N–H and O–H groups in total. The molecule has 1 aromatic carbocycles. The van der Waals surface area contributed by atoms with E-state index in [4.69, 9.17) is 11.6 Å². The van der Waals surface area contributed by atoms with Gasteiger partial charge in [0.2, 0.25) is 0 Å². The number of piperidine rings is 1. The lowest BCUT2D eigenvalue weighted by Crippen LogP contribution is -2.43. The summed E-state index contributed by atoms with van der Waals surface area (Å²) < 4.78 is 13.5. The van der Waals surface area contributed by atoms with Gasteiger partial charge in [0.15, 0.2) is 0 Å². The van der Waals surface area contributed by atoms with Gasteiger partial charge in [-0.15, -0.1) is 0 Å². The van der Waals surface area contributed by atoms with Crippen molar-refractivity contribution in [2.45, 2.75) is 45.2 Å². The highest BCUT2D eigenvalue weighted by Crippen LogP contribution is 2.20. The molecule has 4 heteroatoms. The summed E-state index contributed by atoms with van der Waals surface area (Å²) in [5.41, 5.74) is 0.942. The molecule has 0 spiro atoms. The molecule has 1 aliphatic heterocycles. The van der Waals surface area contributed by atoms with Crippen molar-refractivity contribution in [2.24, 2.45) is 0 Å². The van der Waals surface area contributed by atoms with Gasteiger partial charge in [0.25, 0.3) is 0 Å². The Kier molecular flexibility index (Phi) is 5.82. The highest BCUT2D eigenvalue weighted by molar-refractivity contribution is 6.30. The second kappa shape index (κ2) is 7.39. The van der Waals surface area contributed by atoms with Gasteiger partial charge >= 0.3 is 0 Å². The van der Waals surface area contributed by atoms with E-state index in [0.717, 1.165) is 12.1 Å². The number of nitrogens with zero attached hydrogens (tertiary/aromatic N) is 1. The van der Waals surface area contributed by atoms with Gasteiger partial charge in [0.1, 0.15) is 5.82 Å². The number of likely N-dealkylation sites (tertiary alicyclic amines) is 1. The van der Waals surface area contributed by atoms with Gasteiger partial charge in [-0.1, -0.05) is 24.1 Å². The molecule has 2 nitrogen and oxygen atoms in total. The number of nitrogens with one attached hydrogen (secondary N) is 1. The van der Waals surface area contributed by atoms with Gasteiger partial charge in [-0.2, -0.15) is 0 Å². The van der Waals surface area contributed by atoms with Crippen molar-refractivity contribution in [2.75, 3.05) is 19.6 Å². The minimum absolute atomic E-state index is 0.133. The molecule has 1 saturated heterocycles. The predicted octanol–water partition coefficient (Wildman–Crippen LogP) is 4.00. The van der Waals surface area contributed by atoms with Gasteiger partial charge < -0.3 is 5.32 Å². The summed E-state index contributed by atoms with van der Waals surface area (Å²) in [5.74, 6) is -0.345. The Morgan fingerprint density at radius 2 is 1.95 bits per heavy atom. The number of rotatable bonds is 5. The van der Waals surface area contributed by atoms with Crippen LogP contribution in [0.15, 0.2) is 18.2 Å². The first-order valence-corrected chi connectivity index (χ1v) is 7.88. The Hall–Kier alpha value is -0.640. The van der Waals surface area contributed by atoms with Crippen molar-refractivity contribution in [3.8, 4) is 0 Å². The van der Waals surface area contributed by atoms with Crippen LogP contribution in [0.3, 0.4) is 0 Å². The molecule has 2 rings (SSSR count). The minimum atomic E-state index is -0.345. The lowest BCUT2D eigenvalue weighted by molar-refractivity contribution is 0.168. The highest BCUT2D eigenvalue weighted by atomic mass is 35.5. The molecule has 0 radical (unpaired) electrons. The van der Waals surface area contributed by atoms with Crippen LogP contribution in [0.2, 0.25) is 5.02 Å². The van der Waals surface area contributed by atoms with Crippen molar-refractivity contribution in [3.63, 3.8) is 0 Å². The first kappa shape index (κ1) is 15.7. The Morgan fingerprint density at radius 3 is 2.60 bits per heavy atom. The van der Waals surface area contributed by atoms with E-state index in [2.05, 4.69) is 24.1 Å². The third-order valence-electron chi connectivity index (χ3n) is 4.18. The maximum absolute atomic E-state index is 13.5. The van der Waals surface area contributed by atoms with Crippen LogP contribution in [0.25, 0.3) is 0 Å². The lowest BCUT2D eigenvalue weighted by Gasteiger charge is -2.33. The molecular weight excluding hydrogens is 275 g/mol.